The molecule has 2 aromatic carbocycles. The number of aryl methyl sites for hydroxylation is 1. The van der Waals surface area contributed by atoms with Crippen molar-refractivity contribution in [3.8, 4) is 17.1 Å². The van der Waals surface area contributed by atoms with Crippen molar-refractivity contribution < 1.29 is 14.1 Å². The maximum Gasteiger partial charge on any atom is 0.322 e. The Kier molecular flexibility index (Phi) is 5.97. The minimum Gasteiger partial charge on any atom is -0.492 e. The van der Waals surface area contributed by atoms with E-state index in [1.165, 1.54) is 5.56 Å². The van der Waals surface area contributed by atoms with Gasteiger partial charge in [-0.3, -0.25) is 0 Å². The fraction of sp³-hybridized carbons (Fsp3) is 0.348. The molecule has 0 saturated carbocycles. The largest absolute Gasteiger partial charge is 0.492 e. The second-order valence-corrected chi connectivity index (χ2v) is 7.39. The summed E-state index contributed by atoms with van der Waals surface area (Å²) >= 11 is 0. The molecule has 7 heteroatoms. The minimum atomic E-state index is -0.246. The zero-order chi connectivity index (χ0) is 20.9. The van der Waals surface area contributed by atoms with Crippen molar-refractivity contribution in [1.29, 1.82) is 0 Å². The molecule has 1 aromatic heterocycles. The number of piperidine rings is 1. The normalized spacial score (nSPS) is 16.3. The zero-order valence-electron chi connectivity index (χ0n) is 17.3. The number of para-hydroxylation sites is 2. The number of likely N-dealkylation sites (tertiary alicyclic amines) is 1. The molecule has 156 valence electrons. The Morgan fingerprint density at radius 1 is 1.20 bits per heavy atom. The zero-order valence-corrected chi connectivity index (χ0v) is 17.3. The van der Waals surface area contributed by atoms with E-state index in [4.69, 9.17) is 9.26 Å². The fourth-order valence-corrected chi connectivity index (χ4v) is 3.66. The van der Waals surface area contributed by atoms with Gasteiger partial charge < -0.3 is 19.5 Å². The van der Waals surface area contributed by atoms with E-state index in [-0.39, 0.29) is 12.1 Å². The lowest BCUT2D eigenvalue weighted by Gasteiger charge is -2.33. The molecule has 30 heavy (non-hydrogen) atoms. The van der Waals surface area contributed by atoms with Crippen LogP contribution in [0.4, 0.5) is 10.5 Å². The van der Waals surface area contributed by atoms with Crippen molar-refractivity contribution >= 4 is 11.7 Å². The highest BCUT2D eigenvalue weighted by molar-refractivity contribution is 5.91. The minimum absolute atomic E-state index is 0.193. The van der Waals surface area contributed by atoms with Gasteiger partial charge in [-0.05, 0) is 45.2 Å². The molecular formula is C23H26N4O3. The Labute approximate surface area is 176 Å². The number of carbonyl (C=O) groups is 1. The highest BCUT2D eigenvalue weighted by Crippen LogP contribution is 2.32. The van der Waals surface area contributed by atoms with E-state index in [9.17, 15) is 4.79 Å². The van der Waals surface area contributed by atoms with Gasteiger partial charge in [0.25, 0.3) is 0 Å². The molecule has 1 aliphatic rings. The smallest absolute Gasteiger partial charge is 0.322 e. The van der Waals surface area contributed by atoms with Crippen LogP contribution in [-0.4, -0.2) is 34.2 Å². The summed E-state index contributed by atoms with van der Waals surface area (Å²) in [7, 11) is 0. The van der Waals surface area contributed by atoms with Crippen LogP contribution in [0, 0.1) is 6.92 Å². The number of anilines is 1. The van der Waals surface area contributed by atoms with Gasteiger partial charge in [0.1, 0.15) is 11.8 Å². The van der Waals surface area contributed by atoms with E-state index in [2.05, 4.69) is 15.5 Å². The Hall–Kier alpha value is -3.35. The van der Waals surface area contributed by atoms with Crippen molar-refractivity contribution in [3.05, 3.63) is 60.0 Å². The predicted octanol–water partition coefficient (Wildman–Crippen LogP) is 5.20. The van der Waals surface area contributed by atoms with E-state index in [0.717, 1.165) is 24.8 Å². The van der Waals surface area contributed by atoms with Gasteiger partial charge in [-0.1, -0.05) is 47.1 Å². The summed E-state index contributed by atoms with van der Waals surface area (Å²) in [6, 6.07) is 15.0. The van der Waals surface area contributed by atoms with Crippen LogP contribution < -0.4 is 10.1 Å². The van der Waals surface area contributed by atoms with Gasteiger partial charge in [-0.2, -0.15) is 4.98 Å². The van der Waals surface area contributed by atoms with Crippen molar-refractivity contribution in [2.24, 2.45) is 0 Å². The molecule has 7 nitrogen and oxygen atoms in total. The summed E-state index contributed by atoms with van der Waals surface area (Å²) in [4.78, 5) is 19.5. The number of aromatic nitrogens is 2. The monoisotopic (exact) mass is 406 g/mol. The highest BCUT2D eigenvalue weighted by atomic mass is 16.5. The van der Waals surface area contributed by atoms with Gasteiger partial charge in [0.15, 0.2) is 0 Å². The maximum absolute atomic E-state index is 13.1. The molecule has 0 unspecified atom stereocenters. The number of nitrogens with one attached hydrogen (secondary N) is 1. The third-order valence-corrected chi connectivity index (χ3v) is 5.23. The highest BCUT2D eigenvalue weighted by Gasteiger charge is 2.32. The van der Waals surface area contributed by atoms with Crippen molar-refractivity contribution in [2.75, 3.05) is 18.5 Å². The number of benzene rings is 2. The van der Waals surface area contributed by atoms with Gasteiger partial charge in [0, 0.05) is 12.1 Å². The number of urea groups is 1. The first-order valence-corrected chi connectivity index (χ1v) is 10.4. The third-order valence-electron chi connectivity index (χ3n) is 5.23. The van der Waals surface area contributed by atoms with E-state index in [1.54, 1.807) is 4.90 Å². The second-order valence-electron chi connectivity index (χ2n) is 7.39. The Balaban J connectivity index is 1.53. The molecular weight excluding hydrogens is 380 g/mol. The van der Waals surface area contributed by atoms with Gasteiger partial charge in [-0.25, -0.2) is 4.79 Å². The fourth-order valence-electron chi connectivity index (χ4n) is 3.66. The van der Waals surface area contributed by atoms with Gasteiger partial charge in [0.2, 0.25) is 11.7 Å². The van der Waals surface area contributed by atoms with Crippen molar-refractivity contribution in [1.82, 2.24) is 15.0 Å². The molecule has 1 N–H and O–H groups in total. The molecule has 4 rings (SSSR count). The first kappa shape index (κ1) is 19.9. The molecule has 1 atom stereocenters. The Bertz CT molecular complexity index is 1000. The molecule has 0 bridgehead atoms. The van der Waals surface area contributed by atoms with Gasteiger partial charge >= 0.3 is 6.03 Å². The van der Waals surface area contributed by atoms with Crippen molar-refractivity contribution in [2.45, 2.75) is 39.2 Å². The predicted molar refractivity (Wildman–Crippen MR) is 114 cm³/mol. The Morgan fingerprint density at radius 2 is 2.00 bits per heavy atom. The van der Waals surface area contributed by atoms with E-state index < -0.39 is 0 Å². The average molecular weight is 406 g/mol. The lowest BCUT2D eigenvalue weighted by atomic mass is 10.0. The molecule has 1 saturated heterocycles. The SMILES string of the molecule is CCOc1ccccc1NC(=O)N1CCCC[C@H]1c1nc(-c2ccc(C)cc2)no1. The number of hydrogen-bond acceptors (Lipinski definition) is 5. The summed E-state index contributed by atoms with van der Waals surface area (Å²) in [6.45, 7) is 5.12. The number of ether oxygens (including phenoxy) is 1. The van der Waals surface area contributed by atoms with Crippen LogP contribution in [0.15, 0.2) is 53.1 Å². The number of hydrogen-bond donors (Lipinski definition) is 1. The van der Waals surface area contributed by atoms with Crippen LogP contribution >= 0.6 is 0 Å². The molecule has 2 amide bonds. The molecule has 2 heterocycles. The molecule has 1 aliphatic heterocycles. The van der Waals surface area contributed by atoms with E-state index in [1.807, 2.05) is 62.4 Å². The summed E-state index contributed by atoms with van der Waals surface area (Å²) in [5, 5.41) is 7.12. The number of nitrogens with zero attached hydrogens (tertiary/aromatic N) is 3. The lowest BCUT2D eigenvalue weighted by molar-refractivity contribution is 0.142. The summed E-state index contributed by atoms with van der Waals surface area (Å²) in [5.74, 6) is 1.66. The van der Waals surface area contributed by atoms with Crippen LogP contribution in [0.2, 0.25) is 0 Å². The first-order chi connectivity index (χ1) is 14.7. The van der Waals surface area contributed by atoms with Crippen LogP contribution in [0.25, 0.3) is 11.4 Å². The van der Waals surface area contributed by atoms with Crippen molar-refractivity contribution in [3.63, 3.8) is 0 Å². The lowest BCUT2D eigenvalue weighted by Crippen LogP contribution is -2.41. The van der Waals surface area contributed by atoms with Gasteiger partial charge in [-0.15, -0.1) is 0 Å². The van der Waals surface area contributed by atoms with Crippen LogP contribution in [0.5, 0.6) is 5.75 Å². The van der Waals surface area contributed by atoms with Crippen LogP contribution in [-0.2, 0) is 0 Å². The van der Waals surface area contributed by atoms with E-state index >= 15 is 0 Å². The molecule has 0 radical (unpaired) electrons. The third kappa shape index (κ3) is 4.30. The Morgan fingerprint density at radius 3 is 2.80 bits per heavy atom. The quantitative estimate of drug-likeness (QED) is 0.630. The van der Waals surface area contributed by atoms with E-state index in [0.29, 0.717) is 36.3 Å². The van der Waals surface area contributed by atoms with Gasteiger partial charge in [0.05, 0.1) is 12.3 Å². The molecule has 0 spiro atoms. The van der Waals surface area contributed by atoms with Crippen LogP contribution in [0.1, 0.15) is 43.7 Å². The van der Waals surface area contributed by atoms with Crippen LogP contribution in [0.3, 0.4) is 0 Å². The summed E-state index contributed by atoms with van der Waals surface area (Å²) in [5.41, 5.74) is 2.72. The number of amides is 2. The maximum atomic E-state index is 13.1. The standard InChI is InChI=1S/C23H26N4O3/c1-3-29-20-10-5-4-8-18(20)24-23(28)27-15-7-6-9-19(27)22-25-21(26-30-22)17-13-11-16(2)12-14-17/h4-5,8,10-14,19H,3,6-7,9,15H2,1-2H3,(H,24,28)/t19-/m0/s1. The topological polar surface area (TPSA) is 80.5 Å². The number of carbonyl (C=O) groups excluding carboxylic acids is 1. The number of rotatable bonds is 5. The second kappa shape index (κ2) is 8.98. The molecule has 3 aromatic rings. The molecule has 1 fully saturated rings. The molecule has 0 aliphatic carbocycles. The first-order valence-electron chi connectivity index (χ1n) is 10.4. The average Bonchev–Trinajstić information content (AvgIpc) is 3.26. The summed E-state index contributed by atoms with van der Waals surface area (Å²) in [6.07, 6.45) is 2.73. The summed E-state index contributed by atoms with van der Waals surface area (Å²) < 4.78 is 11.2.